The molecule has 0 aromatic heterocycles. The number of fused-ring (bicyclic) bond motifs is 2. The lowest BCUT2D eigenvalue weighted by atomic mass is 9.94. The van der Waals surface area contributed by atoms with Gasteiger partial charge in [0.15, 0.2) is 0 Å². The second kappa shape index (κ2) is 2.19. The molecule has 1 heterocycles. The van der Waals surface area contributed by atoms with E-state index in [0.29, 0.717) is 0 Å². The Bertz CT molecular complexity index is 444. The number of hydrogen-bond acceptors (Lipinski definition) is 1. The molecule has 0 atom stereocenters. The van der Waals surface area contributed by atoms with Gasteiger partial charge in [0.2, 0.25) is 5.91 Å². The van der Waals surface area contributed by atoms with Gasteiger partial charge < -0.3 is 5.32 Å². The van der Waals surface area contributed by atoms with E-state index in [1.807, 2.05) is 0 Å². The van der Waals surface area contributed by atoms with Crippen molar-refractivity contribution in [3.8, 4) is 0 Å². The summed E-state index contributed by atoms with van der Waals surface area (Å²) in [6.07, 6.45) is 2.04. The molecule has 72 valence electrons. The van der Waals surface area contributed by atoms with Gasteiger partial charge in [0, 0.05) is 5.69 Å². The highest BCUT2D eigenvalue weighted by Crippen LogP contribution is 2.55. The molecule has 2 heteroatoms. The van der Waals surface area contributed by atoms with Crippen LogP contribution in [0, 0.1) is 13.8 Å². The van der Waals surface area contributed by atoms with Gasteiger partial charge in [-0.05, 0) is 43.4 Å². The SMILES string of the molecule is Cc1ccc2c(c1C)NC(=O)C21CC1. The number of amides is 1. The maximum Gasteiger partial charge on any atom is 0.235 e. The van der Waals surface area contributed by atoms with Crippen LogP contribution in [0.4, 0.5) is 5.69 Å². The number of carbonyl (C=O) groups excluding carboxylic acids is 1. The Balaban J connectivity index is 2.27. The number of anilines is 1. The summed E-state index contributed by atoms with van der Waals surface area (Å²) >= 11 is 0. The van der Waals surface area contributed by atoms with E-state index in [9.17, 15) is 4.79 Å². The molecular formula is C12H13NO. The first-order valence-electron chi connectivity index (χ1n) is 5.07. The molecule has 0 saturated heterocycles. The van der Waals surface area contributed by atoms with Crippen molar-refractivity contribution in [1.82, 2.24) is 0 Å². The second-order valence-corrected chi connectivity index (χ2v) is 4.47. The van der Waals surface area contributed by atoms with Gasteiger partial charge in [-0.25, -0.2) is 0 Å². The highest BCUT2D eigenvalue weighted by molar-refractivity contribution is 6.09. The Morgan fingerprint density at radius 2 is 2.00 bits per heavy atom. The van der Waals surface area contributed by atoms with Gasteiger partial charge in [0.1, 0.15) is 0 Å². The summed E-state index contributed by atoms with van der Waals surface area (Å²) in [5, 5.41) is 3.02. The van der Waals surface area contributed by atoms with Gasteiger partial charge >= 0.3 is 0 Å². The molecule has 1 amide bonds. The first-order chi connectivity index (χ1) is 6.65. The smallest absolute Gasteiger partial charge is 0.235 e. The fraction of sp³-hybridized carbons (Fsp3) is 0.417. The van der Waals surface area contributed by atoms with E-state index in [1.54, 1.807) is 0 Å². The minimum atomic E-state index is -0.131. The molecule has 0 radical (unpaired) electrons. The minimum absolute atomic E-state index is 0.131. The van der Waals surface area contributed by atoms with E-state index in [2.05, 4.69) is 31.3 Å². The summed E-state index contributed by atoms with van der Waals surface area (Å²) in [6.45, 7) is 4.16. The molecule has 2 nitrogen and oxygen atoms in total. The van der Waals surface area contributed by atoms with Crippen molar-refractivity contribution in [1.29, 1.82) is 0 Å². The molecule has 1 saturated carbocycles. The summed E-state index contributed by atoms with van der Waals surface area (Å²) in [5.74, 6) is 0.209. The van der Waals surface area contributed by atoms with Crippen LogP contribution in [0.2, 0.25) is 0 Å². The van der Waals surface area contributed by atoms with Crippen molar-refractivity contribution >= 4 is 11.6 Å². The minimum Gasteiger partial charge on any atom is -0.325 e. The van der Waals surface area contributed by atoms with Crippen molar-refractivity contribution in [3.63, 3.8) is 0 Å². The Morgan fingerprint density at radius 3 is 2.64 bits per heavy atom. The number of aryl methyl sites for hydroxylation is 1. The molecule has 1 aromatic carbocycles. The summed E-state index contributed by atoms with van der Waals surface area (Å²) in [4.78, 5) is 11.8. The Kier molecular flexibility index (Phi) is 1.26. The van der Waals surface area contributed by atoms with Crippen molar-refractivity contribution in [3.05, 3.63) is 28.8 Å². The third kappa shape index (κ3) is 0.746. The van der Waals surface area contributed by atoms with Crippen LogP contribution in [0.1, 0.15) is 29.5 Å². The maximum absolute atomic E-state index is 11.8. The number of nitrogens with one attached hydrogen (secondary N) is 1. The topological polar surface area (TPSA) is 29.1 Å². The first kappa shape index (κ1) is 8.04. The third-order valence-corrected chi connectivity index (χ3v) is 3.67. The summed E-state index contributed by atoms with van der Waals surface area (Å²) < 4.78 is 0. The average Bonchev–Trinajstić information content (AvgIpc) is 2.88. The fourth-order valence-corrected chi connectivity index (χ4v) is 2.35. The van der Waals surface area contributed by atoms with Gasteiger partial charge in [-0.1, -0.05) is 12.1 Å². The molecule has 2 aliphatic rings. The molecule has 14 heavy (non-hydrogen) atoms. The largest absolute Gasteiger partial charge is 0.325 e. The van der Waals surface area contributed by atoms with E-state index in [1.165, 1.54) is 16.7 Å². The highest BCUT2D eigenvalue weighted by Gasteiger charge is 2.56. The maximum atomic E-state index is 11.8. The number of carbonyl (C=O) groups is 1. The van der Waals surface area contributed by atoms with E-state index >= 15 is 0 Å². The van der Waals surface area contributed by atoms with Gasteiger partial charge in [0.25, 0.3) is 0 Å². The number of benzene rings is 1. The van der Waals surface area contributed by atoms with Crippen LogP contribution in [0.25, 0.3) is 0 Å². The summed E-state index contributed by atoms with van der Waals surface area (Å²) in [7, 11) is 0. The first-order valence-corrected chi connectivity index (χ1v) is 5.07. The molecule has 0 unspecified atom stereocenters. The van der Waals surface area contributed by atoms with E-state index in [4.69, 9.17) is 0 Å². The van der Waals surface area contributed by atoms with Crippen molar-refractivity contribution in [2.24, 2.45) is 0 Å². The van der Waals surface area contributed by atoms with Gasteiger partial charge in [0.05, 0.1) is 5.41 Å². The highest BCUT2D eigenvalue weighted by atomic mass is 16.2. The van der Waals surface area contributed by atoms with E-state index in [-0.39, 0.29) is 11.3 Å². The zero-order valence-electron chi connectivity index (χ0n) is 8.48. The van der Waals surface area contributed by atoms with E-state index < -0.39 is 0 Å². The Morgan fingerprint density at radius 1 is 1.29 bits per heavy atom. The van der Waals surface area contributed by atoms with Crippen LogP contribution in [0.3, 0.4) is 0 Å². The van der Waals surface area contributed by atoms with E-state index in [0.717, 1.165) is 18.5 Å². The Hall–Kier alpha value is -1.31. The van der Waals surface area contributed by atoms with Crippen LogP contribution < -0.4 is 5.32 Å². The van der Waals surface area contributed by atoms with Crippen LogP contribution in [0.5, 0.6) is 0 Å². The van der Waals surface area contributed by atoms with Crippen LogP contribution in [0.15, 0.2) is 12.1 Å². The zero-order valence-corrected chi connectivity index (χ0v) is 8.48. The number of rotatable bonds is 0. The normalized spacial score (nSPS) is 20.9. The van der Waals surface area contributed by atoms with Crippen molar-refractivity contribution in [2.45, 2.75) is 32.1 Å². The lowest BCUT2D eigenvalue weighted by molar-refractivity contribution is -0.117. The quantitative estimate of drug-likeness (QED) is 0.663. The lowest BCUT2D eigenvalue weighted by Gasteiger charge is -2.07. The number of hydrogen-bond donors (Lipinski definition) is 1. The predicted octanol–water partition coefficient (Wildman–Crippen LogP) is 2.29. The van der Waals surface area contributed by atoms with Crippen molar-refractivity contribution in [2.75, 3.05) is 5.32 Å². The second-order valence-electron chi connectivity index (χ2n) is 4.47. The molecule has 3 rings (SSSR count). The summed E-state index contributed by atoms with van der Waals surface area (Å²) in [6, 6.07) is 4.23. The predicted molar refractivity (Wildman–Crippen MR) is 55.5 cm³/mol. The van der Waals surface area contributed by atoms with Crippen LogP contribution in [-0.4, -0.2) is 5.91 Å². The molecule has 1 fully saturated rings. The van der Waals surface area contributed by atoms with Crippen LogP contribution >= 0.6 is 0 Å². The van der Waals surface area contributed by atoms with Crippen molar-refractivity contribution < 1.29 is 4.79 Å². The fourth-order valence-electron chi connectivity index (χ4n) is 2.35. The summed E-state index contributed by atoms with van der Waals surface area (Å²) in [5.41, 5.74) is 4.65. The molecule has 1 aliphatic carbocycles. The third-order valence-electron chi connectivity index (χ3n) is 3.67. The van der Waals surface area contributed by atoms with Gasteiger partial charge in [-0.3, -0.25) is 4.79 Å². The molecule has 1 aliphatic heterocycles. The lowest BCUT2D eigenvalue weighted by Crippen LogP contribution is -2.18. The molecular weight excluding hydrogens is 174 g/mol. The Labute approximate surface area is 83.3 Å². The average molecular weight is 187 g/mol. The van der Waals surface area contributed by atoms with Gasteiger partial charge in [-0.15, -0.1) is 0 Å². The molecule has 0 bridgehead atoms. The molecule has 1 N–H and O–H groups in total. The van der Waals surface area contributed by atoms with Gasteiger partial charge in [-0.2, -0.15) is 0 Å². The molecule has 1 aromatic rings. The van der Waals surface area contributed by atoms with Crippen LogP contribution in [-0.2, 0) is 10.2 Å². The zero-order chi connectivity index (χ0) is 9.92. The monoisotopic (exact) mass is 187 g/mol. The standard InChI is InChI=1S/C12H13NO/c1-7-3-4-9-10(8(7)2)13-11(14)12(9)5-6-12/h3-4H,5-6H2,1-2H3,(H,13,14). The molecule has 1 spiro atoms.